The summed E-state index contributed by atoms with van der Waals surface area (Å²) in [5.74, 6) is -1.82. The largest absolute Gasteiger partial charge is 0.369 e. The van der Waals surface area contributed by atoms with Crippen LogP contribution < -0.4 is 33.6 Å². The summed E-state index contributed by atoms with van der Waals surface area (Å²) >= 11 is 0. The Kier molecular flexibility index (Phi) is 1.94. The molecule has 0 aromatic rings. The van der Waals surface area contributed by atoms with Crippen molar-refractivity contribution in [2.75, 3.05) is 0 Å². The average Bonchev–Trinajstić information content (AvgIpc) is 1.77. The minimum atomic E-state index is -1.72. The van der Waals surface area contributed by atoms with Crippen LogP contribution in [-0.4, -0.2) is 23.9 Å². The molecule has 10 N–H and O–H groups in total. The van der Waals surface area contributed by atoms with Crippen LogP contribution in [0.3, 0.4) is 0 Å². The molecule has 1 heterocycles. The maximum absolute atomic E-state index is 10.5. The summed E-state index contributed by atoms with van der Waals surface area (Å²) in [6.07, 6.45) is 0. The summed E-state index contributed by atoms with van der Waals surface area (Å²) in [6, 6.07) is -0.877. The van der Waals surface area contributed by atoms with Crippen LogP contribution in [0.15, 0.2) is 9.98 Å². The lowest BCUT2D eigenvalue weighted by Gasteiger charge is -2.25. The number of primary amides is 1. The third kappa shape index (κ3) is 2.20. The molecule has 0 saturated heterocycles. The van der Waals surface area contributed by atoms with E-state index in [4.69, 9.17) is 22.9 Å². The van der Waals surface area contributed by atoms with Crippen molar-refractivity contribution in [1.82, 2.24) is 10.6 Å². The Balaban J connectivity index is 2.88. The lowest BCUT2D eigenvalue weighted by molar-refractivity contribution is 0.236. The fourth-order valence-electron chi connectivity index (χ4n) is 0.817. The van der Waals surface area contributed by atoms with Crippen LogP contribution in [0, 0.1) is 0 Å². The molecule has 2 amide bonds. The fourth-order valence-corrected chi connectivity index (χ4v) is 0.817. The highest BCUT2D eigenvalue weighted by Crippen LogP contribution is 2.02. The van der Waals surface area contributed by atoms with Gasteiger partial charge in [-0.25, -0.2) is 4.79 Å². The number of carbonyl (C=O) groups excluding carboxylic acids is 1. The number of aliphatic imine (C=N–C) groups is 2. The van der Waals surface area contributed by atoms with Crippen LogP contribution in [0.2, 0.25) is 0 Å². The number of hydrogen-bond acceptors (Lipinski definition) is 7. The lowest BCUT2D eigenvalue weighted by atomic mass is 10.6. The number of nitrogens with two attached hydrogens (primary N) is 4. The van der Waals surface area contributed by atoms with Gasteiger partial charge < -0.3 is 17.2 Å². The van der Waals surface area contributed by atoms with E-state index >= 15 is 0 Å². The zero-order valence-electron chi connectivity index (χ0n) is 6.61. The van der Waals surface area contributed by atoms with Crippen molar-refractivity contribution in [3.05, 3.63) is 0 Å². The first-order valence-electron chi connectivity index (χ1n) is 3.25. The first kappa shape index (κ1) is 9.06. The number of amides is 2. The van der Waals surface area contributed by atoms with E-state index in [1.807, 2.05) is 0 Å². The van der Waals surface area contributed by atoms with E-state index in [1.165, 1.54) is 0 Å². The monoisotopic (exact) mass is 186 g/mol. The summed E-state index contributed by atoms with van der Waals surface area (Å²) in [4.78, 5) is 17.6. The molecule has 0 aliphatic carbocycles. The highest BCUT2D eigenvalue weighted by atomic mass is 16.2. The Morgan fingerprint density at radius 1 is 1.38 bits per heavy atom. The summed E-state index contributed by atoms with van der Waals surface area (Å²) in [6.45, 7) is 0. The van der Waals surface area contributed by atoms with Gasteiger partial charge in [-0.3, -0.25) is 16.4 Å². The van der Waals surface area contributed by atoms with Gasteiger partial charge in [-0.2, -0.15) is 9.98 Å². The van der Waals surface area contributed by atoms with Gasteiger partial charge in [-0.1, -0.05) is 0 Å². The standard InChI is InChI=1S/C4H10N8O/c5-1-9-2(6)11-4(8,10-1)12-3(7)13/h8H2,(H3,7,12,13)(H5,5,6,9,10,11). The van der Waals surface area contributed by atoms with Crippen molar-refractivity contribution in [1.29, 1.82) is 0 Å². The molecule has 0 bridgehead atoms. The molecule has 0 aromatic heterocycles. The molecule has 0 fully saturated rings. The van der Waals surface area contributed by atoms with Gasteiger partial charge in [-0.05, 0) is 0 Å². The smallest absolute Gasteiger partial charge is 0.316 e. The highest BCUT2D eigenvalue weighted by Gasteiger charge is 2.28. The van der Waals surface area contributed by atoms with E-state index in [0.717, 1.165) is 0 Å². The Morgan fingerprint density at radius 2 is 1.85 bits per heavy atom. The second-order valence-electron chi connectivity index (χ2n) is 2.33. The SMILES string of the molecule is NC(=O)NC1(N)N=C(N)NC(N)=N1. The molecule has 0 radical (unpaired) electrons. The first-order valence-corrected chi connectivity index (χ1v) is 3.25. The van der Waals surface area contributed by atoms with Crippen LogP contribution in [0.4, 0.5) is 4.79 Å². The van der Waals surface area contributed by atoms with Gasteiger partial charge in [0.25, 0.3) is 5.91 Å². The number of hydrogen-bond donors (Lipinski definition) is 6. The zero-order valence-corrected chi connectivity index (χ0v) is 6.61. The van der Waals surface area contributed by atoms with Crippen LogP contribution in [0.1, 0.15) is 0 Å². The Labute approximate surface area is 73.2 Å². The number of urea groups is 1. The molecule has 1 rings (SSSR count). The molecule has 9 nitrogen and oxygen atoms in total. The molecule has 0 unspecified atom stereocenters. The van der Waals surface area contributed by atoms with Crippen molar-refractivity contribution in [3.63, 3.8) is 0 Å². The first-order chi connectivity index (χ1) is 5.91. The van der Waals surface area contributed by atoms with Gasteiger partial charge >= 0.3 is 6.03 Å². The van der Waals surface area contributed by atoms with Crippen LogP contribution >= 0.6 is 0 Å². The predicted octanol–water partition coefficient (Wildman–Crippen LogP) is -3.54. The molecule has 72 valence electrons. The molecule has 9 heteroatoms. The molecule has 13 heavy (non-hydrogen) atoms. The van der Waals surface area contributed by atoms with Gasteiger partial charge in [-0.15, -0.1) is 0 Å². The van der Waals surface area contributed by atoms with Gasteiger partial charge in [0.15, 0.2) is 0 Å². The summed E-state index contributed by atoms with van der Waals surface area (Å²) in [7, 11) is 0. The maximum Gasteiger partial charge on any atom is 0.316 e. The summed E-state index contributed by atoms with van der Waals surface area (Å²) in [5.41, 5.74) is 20.8. The summed E-state index contributed by atoms with van der Waals surface area (Å²) in [5, 5.41) is 4.45. The third-order valence-electron chi connectivity index (χ3n) is 1.15. The lowest BCUT2D eigenvalue weighted by Crippen LogP contribution is -2.61. The number of guanidine groups is 2. The van der Waals surface area contributed by atoms with Crippen LogP contribution in [0.5, 0.6) is 0 Å². The second kappa shape index (κ2) is 2.79. The molecule has 0 aromatic carbocycles. The minimum Gasteiger partial charge on any atom is -0.369 e. The van der Waals surface area contributed by atoms with Crippen LogP contribution in [-0.2, 0) is 0 Å². The fraction of sp³-hybridized carbons (Fsp3) is 0.250. The second-order valence-corrected chi connectivity index (χ2v) is 2.33. The van der Waals surface area contributed by atoms with Crippen molar-refractivity contribution < 1.29 is 4.79 Å². The predicted molar refractivity (Wildman–Crippen MR) is 46.0 cm³/mol. The van der Waals surface area contributed by atoms with E-state index in [1.54, 1.807) is 0 Å². The van der Waals surface area contributed by atoms with Gasteiger partial charge in [0, 0.05) is 0 Å². The van der Waals surface area contributed by atoms with Crippen molar-refractivity contribution >= 4 is 18.0 Å². The van der Waals surface area contributed by atoms with E-state index in [0.29, 0.717) is 0 Å². The molecule has 0 atom stereocenters. The molecule has 1 aliphatic rings. The number of nitrogens with zero attached hydrogens (tertiary/aromatic N) is 2. The van der Waals surface area contributed by atoms with Crippen LogP contribution in [0.25, 0.3) is 0 Å². The van der Waals surface area contributed by atoms with Gasteiger partial charge in [0.2, 0.25) is 11.9 Å². The number of rotatable bonds is 1. The summed E-state index contributed by atoms with van der Waals surface area (Å²) < 4.78 is 0. The van der Waals surface area contributed by atoms with E-state index < -0.39 is 11.9 Å². The Hall–Kier alpha value is -2.03. The normalized spacial score (nSPS) is 19.5. The molecule has 1 aliphatic heterocycles. The molecule has 0 saturated carbocycles. The Morgan fingerprint density at radius 3 is 2.23 bits per heavy atom. The number of nitrogens with one attached hydrogen (secondary N) is 2. The Bertz CT molecular complexity index is 275. The third-order valence-corrected chi connectivity index (χ3v) is 1.15. The van der Waals surface area contributed by atoms with Gasteiger partial charge in [0.05, 0.1) is 0 Å². The minimum absolute atomic E-state index is 0.0521. The molecular weight excluding hydrogens is 176 g/mol. The van der Waals surface area contributed by atoms with E-state index in [2.05, 4.69) is 20.6 Å². The van der Waals surface area contributed by atoms with Crippen molar-refractivity contribution in [2.45, 2.75) is 5.91 Å². The van der Waals surface area contributed by atoms with E-state index in [-0.39, 0.29) is 11.9 Å². The molecular formula is C4H10N8O. The highest BCUT2D eigenvalue weighted by molar-refractivity contribution is 5.99. The zero-order chi connectivity index (χ0) is 10.1. The maximum atomic E-state index is 10.5. The van der Waals surface area contributed by atoms with E-state index in [9.17, 15) is 4.79 Å². The van der Waals surface area contributed by atoms with Crippen molar-refractivity contribution in [2.24, 2.45) is 32.9 Å². The number of carbonyl (C=O) groups is 1. The van der Waals surface area contributed by atoms with Gasteiger partial charge in [0.1, 0.15) is 0 Å². The molecule has 0 spiro atoms. The quantitative estimate of drug-likeness (QED) is 0.232. The van der Waals surface area contributed by atoms with Crippen molar-refractivity contribution in [3.8, 4) is 0 Å². The topological polar surface area (TPSA) is 170 Å². The average molecular weight is 186 g/mol.